The summed E-state index contributed by atoms with van der Waals surface area (Å²) in [5, 5.41) is 14.2. The van der Waals surface area contributed by atoms with Gasteiger partial charge in [0.25, 0.3) is 0 Å². The Kier molecular flexibility index (Phi) is 5.81. The molecule has 5 nitrogen and oxygen atoms in total. The molecular formula is C23H17F4N3O2. The van der Waals surface area contributed by atoms with Gasteiger partial charge in [0.15, 0.2) is 17.4 Å². The smallest absolute Gasteiger partial charge is 0.204 e. The summed E-state index contributed by atoms with van der Waals surface area (Å²) in [7, 11) is 0. The number of aromatic hydroxyl groups is 1. The lowest BCUT2D eigenvalue weighted by molar-refractivity contribution is 0.284. The van der Waals surface area contributed by atoms with Crippen LogP contribution in [0.5, 0.6) is 11.5 Å². The Morgan fingerprint density at radius 1 is 0.906 bits per heavy atom. The predicted molar refractivity (Wildman–Crippen MR) is 111 cm³/mol. The standard InChI is InChI=1S/C23H17F4N3O2/c1-2-32-23-18(26)16(24)15(17(25)19(23)27)21(30-14-7-3-4-10-28-14)13-9-8-12-6-5-11-29-20(12)22(13)31/h3-11,21,31H,2H2,1H3,(H,28,30). The van der Waals surface area contributed by atoms with Gasteiger partial charge in [-0.05, 0) is 25.1 Å². The first-order valence-electron chi connectivity index (χ1n) is 9.66. The van der Waals surface area contributed by atoms with Crippen LogP contribution in [0.4, 0.5) is 23.4 Å². The molecule has 4 aromatic rings. The lowest BCUT2D eigenvalue weighted by atomic mass is 9.94. The molecule has 0 radical (unpaired) electrons. The molecule has 0 aliphatic heterocycles. The zero-order valence-electron chi connectivity index (χ0n) is 16.7. The number of pyridine rings is 2. The lowest BCUT2D eigenvalue weighted by Crippen LogP contribution is -2.19. The van der Waals surface area contributed by atoms with Crippen molar-refractivity contribution in [1.82, 2.24) is 9.97 Å². The van der Waals surface area contributed by atoms with Gasteiger partial charge in [-0.1, -0.05) is 24.3 Å². The first-order valence-corrected chi connectivity index (χ1v) is 9.66. The fraction of sp³-hybridized carbons (Fsp3) is 0.130. The summed E-state index contributed by atoms with van der Waals surface area (Å²) in [4.78, 5) is 8.14. The van der Waals surface area contributed by atoms with E-state index in [4.69, 9.17) is 4.74 Å². The van der Waals surface area contributed by atoms with Crippen molar-refractivity contribution in [2.45, 2.75) is 13.0 Å². The van der Waals surface area contributed by atoms with Crippen molar-refractivity contribution < 1.29 is 27.4 Å². The van der Waals surface area contributed by atoms with E-state index >= 15 is 8.78 Å². The van der Waals surface area contributed by atoms with Gasteiger partial charge in [0.2, 0.25) is 11.6 Å². The Morgan fingerprint density at radius 2 is 1.62 bits per heavy atom. The van der Waals surface area contributed by atoms with Gasteiger partial charge in [-0.2, -0.15) is 8.78 Å². The minimum absolute atomic E-state index is 0.0531. The Hall–Kier alpha value is -3.88. The van der Waals surface area contributed by atoms with E-state index in [2.05, 4.69) is 15.3 Å². The van der Waals surface area contributed by atoms with E-state index in [0.717, 1.165) is 0 Å². The molecule has 2 aromatic carbocycles. The van der Waals surface area contributed by atoms with Gasteiger partial charge in [-0.25, -0.2) is 13.8 Å². The molecule has 0 amide bonds. The van der Waals surface area contributed by atoms with Crippen LogP contribution in [0.1, 0.15) is 24.1 Å². The number of fused-ring (bicyclic) bond motifs is 1. The van der Waals surface area contributed by atoms with Gasteiger partial charge in [0, 0.05) is 23.3 Å². The van der Waals surface area contributed by atoms with Gasteiger partial charge in [-0.3, -0.25) is 4.98 Å². The molecule has 9 heteroatoms. The SMILES string of the molecule is CCOc1c(F)c(F)c(C(Nc2ccccn2)c2ccc3cccnc3c2O)c(F)c1F. The van der Waals surface area contributed by atoms with Gasteiger partial charge in [0.05, 0.1) is 18.2 Å². The van der Waals surface area contributed by atoms with Crippen LogP contribution >= 0.6 is 0 Å². The van der Waals surface area contributed by atoms with E-state index in [0.29, 0.717) is 5.39 Å². The van der Waals surface area contributed by atoms with Crippen LogP contribution in [0.25, 0.3) is 10.9 Å². The molecule has 1 atom stereocenters. The molecule has 0 bridgehead atoms. The van der Waals surface area contributed by atoms with Crippen LogP contribution < -0.4 is 10.1 Å². The van der Waals surface area contributed by atoms with Gasteiger partial charge < -0.3 is 15.2 Å². The van der Waals surface area contributed by atoms with E-state index in [9.17, 15) is 13.9 Å². The second kappa shape index (κ2) is 8.70. The van der Waals surface area contributed by atoms with Crippen molar-refractivity contribution >= 4 is 16.7 Å². The number of halogens is 4. The van der Waals surface area contributed by atoms with Crippen molar-refractivity contribution in [2.24, 2.45) is 0 Å². The van der Waals surface area contributed by atoms with E-state index in [1.54, 1.807) is 30.3 Å². The van der Waals surface area contributed by atoms with Gasteiger partial charge in [0.1, 0.15) is 17.1 Å². The highest BCUT2D eigenvalue weighted by atomic mass is 19.2. The minimum Gasteiger partial charge on any atom is -0.505 e. The molecule has 2 N–H and O–H groups in total. The Balaban J connectivity index is 1.97. The molecule has 32 heavy (non-hydrogen) atoms. The average molecular weight is 443 g/mol. The highest BCUT2D eigenvalue weighted by Crippen LogP contribution is 2.41. The summed E-state index contributed by atoms with van der Waals surface area (Å²) in [5.41, 5.74) is -0.868. The fourth-order valence-corrected chi connectivity index (χ4v) is 3.43. The highest BCUT2D eigenvalue weighted by molar-refractivity contribution is 5.86. The maximum atomic E-state index is 15.1. The molecule has 0 aliphatic carbocycles. The highest BCUT2D eigenvalue weighted by Gasteiger charge is 2.33. The number of phenolic OH excluding ortho intramolecular Hbond substituents is 1. The number of phenols is 1. The first kappa shape index (κ1) is 21.4. The normalized spacial score (nSPS) is 12.0. The molecular weight excluding hydrogens is 426 g/mol. The zero-order valence-corrected chi connectivity index (χ0v) is 16.7. The number of hydrogen-bond donors (Lipinski definition) is 2. The molecule has 1 unspecified atom stereocenters. The molecule has 4 rings (SSSR count). The molecule has 0 aliphatic rings. The van der Waals surface area contributed by atoms with Gasteiger partial charge in [-0.15, -0.1) is 0 Å². The number of benzene rings is 2. The zero-order chi connectivity index (χ0) is 22.8. The fourth-order valence-electron chi connectivity index (χ4n) is 3.43. The number of nitrogens with zero attached hydrogens (tertiary/aromatic N) is 2. The van der Waals surface area contributed by atoms with Crippen LogP contribution in [-0.2, 0) is 0 Å². The van der Waals surface area contributed by atoms with Crippen LogP contribution in [-0.4, -0.2) is 21.7 Å². The molecule has 2 heterocycles. The lowest BCUT2D eigenvalue weighted by Gasteiger charge is -2.24. The van der Waals surface area contributed by atoms with Crippen molar-refractivity contribution in [3.63, 3.8) is 0 Å². The topological polar surface area (TPSA) is 67.3 Å². The molecule has 0 spiro atoms. The second-order valence-electron chi connectivity index (χ2n) is 6.80. The van der Waals surface area contributed by atoms with E-state index in [1.165, 1.54) is 31.5 Å². The number of hydrogen-bond acceptors (Lipinski definition) is 5. The van der Waals surface area contributed by atoms with Crippen LogP contribution in [0.15, 0.2) is 54.9 Å². The quantitative estimate of drug-likeness (QED) is 0.305. The summed E-state index contributed by atoms with van der Waals surface area (Å²) >= 11 is 0. The summed E-state index contributed by atoms with van der Waals surface area (Å²) in [6, 6.07) is 9.49. The van der Waals surface area contributed by atoms with Crippen molar-refractivity contribution in [1.29, 1.82) is 0 Å². The van der Waals surface area contributed by atoms with Crippen LogP contribution in [0.3, 0.4) is 0 Å². The summed E-state index contributed by atoms with van der Waals surface area (Å²) in [6.07, 6.45) is 2.86. The Morgan fingerprint density at radius 3 is 2.28 bits per heavy atom. The number of anilines is 1. The van der Waals surface area contributed by atoms with Crippen molar-refractivity contribution in [3.05, 3.63) is 89.3 Å². The number of rotatable bonds is 6. The Labute approximate surface area is 180 Å². The van der Waals surface area contributed by atoms with E-state index < -0.39 is 46.4 Å². The minimum atomic E-state index is -1.67. The Bertz CT molecular complexity index is 1260. The predicted octanol–water partition coefficient (Wildman–Crippen LogP) is 5.49. The number of ether oxygens (including phenoxy) is 1. The van der Waals surface area contributed by atoms with Crippen molar-refractivity contribution in [3.8, 4) is 11.5 Å². The molecule has 0 saturated heterocycles. The largest absolute Gasteiger partial charge is 0.505 e. The van der Waals surface area contributed by atoms with E-state index in [1.807, 2.05) is 0 Å². The number of nitrogens with one attached hydrogen (secondary N) is 1. The maximum Gasteiger partial charge on any atom is 0.204 e. The molecule has 0 fully saturated rings. The summed E-state index contributed by atoms with van der Waals surface area (Å²) in [5.74, 6) is -8.04. The first-order chi connectivity index (χ1) is 15.4. The molecule has 164 valence electrons. The third-order valence-corrected chi connectivity index (χ3v) is 4.88. The third-order valence-electron chi connectivity index (χ3n) is 4.88. The average Bonchev–Trinajstić information content (AvgIpc) is 2.81. The molecule has 0 saturated carbocycles. The van der Waals surface area contributed by atoms with Gasteiger partial charge >= 0.3 is 0 Å². The maximum absolute atomic E-state index is 15.1. The summed E-state index contributed by atoms with van der Waals surface area (Å²) in [6.45, 7) is 1.23. The van der Waals surface area contributed by atoms with Crippen molar-refractivity contribution in [2.75, 3.05) is 11.9 Å². The number of aromatic nitrogens is 2. The monoisotopic (exact) mass is 443 g/mol. The second-order valence-corrected chi connectivity index (χ2v) is 6.80. The summed E-state index contributed by atoms with van der Waals surface area (Å²) < 4.78 is 64.2. The van der Waals surface area contributed by atoms with Crippen LogP contribution in [0, 0.1) is 23.3 Å². The van der Waals surface area contributed by atoms with Crippen LogP contribution in [0.2, 0.25) is 0 Å². The molecule has 2 aromatic heterocycles. The van der Waals surface area contributed by atoms with E-state index in [-0.39, 0.29) is 23.5 Å². The third kappa shape index (κ3) is 3.66.